The average Bonchev–Trinajstić information content (AvgIpc) is 2.47. The van der Waals surface area contributed by atoms with Gasteiger partial charge in [0.15, 0.2) is 0 Å². The highest BCUT2D eigenvalue weighted by atomic mass is 16.5. The Morgan fingerprint density at radius 1 is 1.30 bits per heavy atom. The summed E-state index contributed by atoms with van der Waals surface area (Å²) in [4.78, 5) is 11.0. The van der Waals surface area contributed by atoms with Gasteiger partial charge in [0.05, 0.1) is 12.7 Å². The smallest absolute Gasteiger partial charge is 0.221 e. The van der Waals surface area contributed by atoms with Gasteiger partial charge in [-0.3, -0.25) is 0 Å². The van der Waals surface area contributed by atoms with Crippen LogP contribution in [0.2, 0.25) is 0 Å². The molecule has 1 unspecified atom stereocenters. The van der Waals surface area contributed by atoms with E-state index in [4.69, 9.17) is 4.74 Å². The monoisotopic (exact) mass is 278 g/mol. The van der Waals surface area contributed by atoms with E-state index in [1.54, 1.807) is 13.4 Å². The van der Waals surface area contributed by atoms with Gasteiger partial charge in [-0.25, -0.2) is 9.97 Å². The number of methoxy groups -OCH3 is 1. The fourth-order valence-electron chi connectivity index (χ4n) is 2.74. The highest BCUT2D eigenvalue weighted by Crippen LogP contribution is 2.20. The van der Waals surface area contributed by atoms with E-state index in [1.165, 1.54) is 32.4 Å². The number of hydrogen-bond acceptors (Lipinski definition) is 5. The maximum Gasteiger partial charge on any atom is 0.221 e. The number of nitrogens with one attached hydrogen (secondary N) is 1. The molecule has 2 heterocycles. The van der Waals surface area contributed by atoms with Gasteiger partial charge in [-0.1, -0.05) is 13.3 Å². The summed E-state index contributed by atoms with van der Waals surface area (Å²) >= 11 is 0. The van der Waals surface area contributed by atoms with Gasteiger partial charge < -0.3 is 15.0 Å². The molecule has 1 fully saturated rings. The van der Waals surface area contributed by atoms with Gasteiger partial charge >= 0.3 is 0 Å². The zero-order chi connectivity index (χ0) is 14.4. The van der Waals surface area contributed by atoms with E-state index in [2.05, 4.69) is 27.1 Å². The summed E-state index contributed by atoms with van der Waals surface area (Å²) in [6.07, 6.45) is 5.64. The molecule has 1 aromatic rings. The Morgan fingerprint density at radius 3 is 2.75 bits per heavy atom. The fraction of sp³-hybridized carbons (Fsp3) is 0.733. The molecule has 0 aliphatic carbocycles. The molecule has 0 saturated carbocycles. The second-order valence-electron chi connectivity index (χ2n) is 5.70. The maximum atomic E-state index is 5.21. The van der Waals surface area contributed by atoms with Gasteiger partial charge in [0.25, 0.3) is 0 Å². The van der Waals surface area contributed by atoms with E-state index in [1.807, 2.05) is 6.92 Å². The van der Waals surface area contributed by atoms with E-state index in [9.17, 15) is 0 Å². The zero-order valence-corrected chi connectivity index (χ0v) is 12.9. The van der Waals surface area contributed by atoms with Crippen LogP contribution in [0.5, 0.6) is 5.88 Å². The van der Waals surface area contributed by atoms with E-state index >= 15 is 0 Å². The number of likely N-dealkylation sites (tertiary alicyclic amines) is 1. The molecule has 0 bridgehead atoms. The number of aromatic nitrogens is 2. The second-order valence-corrected chi connectivity index (χ2v) is 5.70. The highest BCUT2D eigenvalue weighted by molar-refractivity contribution is 5.47. The van der Waals surface area contributed by atoms with Crippen molar-refractivity contribution in [2.45, 2.75) is 33.1 Å². The molecule has 0 spiro atoms. The van der Waals surface area contributed by atoms with E-state index in [0.29, 0.717) is 11.8 Å². The van der Waals surface area contributed by atoms with Gasteiger partial charge in [-0.05, 0) is 38.8 Å². The SMILES string of the molecule is COc1ncnc(NCC(C)CN2CCCCC2)c1C. The van der Waals surface area contributed by atoms with Crippen molar-refractivity contribution in [3.05, 3.63) is 11.9 Å². The molecule has 2 rings (SSSR count). The van der Waals surface area contributed by atoms with Crippen LogP contribution in [0.3, 0.4) is 0 Å². The predicted molar refractivity (Wildman–Crippen MR) is 81.3 cm³/mol. The van der Waals surface area contributed by atoms with Crippen molar-refractivity contribution in [3.8, 4) is 5.88 Å². The summed E-state index contributed by atoms with van der Waals surface area (Å²) in [5.41, 5.74) is 0.972. The molecule has 1 saturated heterocycles. The molecular formula is C15H26N4O. The normalized spacial score (nSPS) is 17.8. The molecule has 1 N–H and O–H groups in total. The third-order valence-corrected chi connectivity index (χ3v) is 3.87. The van der Waals surface area contributed by atoms with Gasteiger partial charge in [0, 0.05) is 13.1 Å². The summed E-state index contributed by atoms with van der Waals surface area (Å²) < 4.78 is 5.21. The van der Waals surface area contributed by atoms with Gasteiger partial charge in [-0.15, -0.1) is 0 Å². The second kappa shape index (κ2) is 7.43. The molecule has 1 aliphatic heterocycles. The lowest BCUT2D eigenvalue weighted by Gasteiger charge is -2.29. The standard InChI is InChI=1S/C15H26N4O/c1-12(10-19-7-5-4-6-8-19)9-16-14-13(2)15(20-3)18-11-17-14/h11-12H,4-10H2,1-3H3,(H,16,17,18). The third kappa shape index (κ3) is 4.07. The Bertz CT molecular complexity index is 418. The largest absolute Gasteiger partial charge is 0.481 e. The summed E-state index contributed by atoms with van der Waals surface area (Å²) in [5, 5.41) is 3.42. The lowest BCUT2D eigenvalue weighted by Crippen LogP contribution is -2.35. The van der Waals surface area contributed by atoms with Crippen LogP contribution in [0, 0.1) is 12.8 Å². The number of anilines is 1. The van der Waals surface area contributed by atoms with Gasteiger partial charge in [-0.2, -0.15) is 0 Å². The van der Waals surface area contributed by atoms with Gasteiger partial charge in [0.2, 0.25) is 5.88 Å². The number of hydrogen-bond donors (Lipinski definition) is 1. The van der Waals surface area contributed by atoms with Crippen molar-refractivity contribution in [1.82, 2.24) is 14.9 Å². The quantitative estimate of drug-likeness (QED) is 0.865. The highest BCUT2D eigenvalue weighted by Gasteiger charge is 2.14. The van der Waals surface area contributed by atoms with Gasteiger partial charge in [0.1, 0.15) is 12.1 Å². The molecular weight excluding hydrogens is 252 g/mol. The number of nitrogens with zero attached hydrogens (tertiary/aromatic N) is 3. The third-order valence-electron chi connectivity index (χ3n) is 3.87. The summed E-state index contributed by atoms with van der Waals surface area (Å²) in [6, 6.07) is 0. The lowest BCUT2D eigenvalue weighted by atomic mass is 10.1. The molecule has 5 heteroatoms. The van der Waals surface area contributed by atoms with Crippen LogP contribution in [-0.4, -0.2) is 48.2 Å². The van der Waals surface area contributed by atoms with Crippen LogP contribution < -0.4 is 10.1 Å². The van der Waals surface area contributed by atoms with Crippen LogP contribution in [0.4, 0.5) is 5.82 Å². The van der Waals surface area contributed by atoms with Crippen molar-refractivity contribution >= 4 is 5.82 Å². The van der Waals surface area contributed by atoms with Crippen LogP contribution in [0.25, 0.3) is 0 Å². The minimum absolute atomic E-state index is 0.605. The van der Waals surface area contributed by atoms with Crippen LogP contribution in [0.1, 0.15) is 31.7 Å². The molecule has 0 radical (unpaired) electrons. The van der Waals surface area contributed by atoms with Crippen molar-refractivity contribution in [1.29, 1.82) is 0 Å². The van der Waals surface area contributed by atoms with E-state index < -0.39 is 0 Å². The van der Waals surface area contributed by atoms with Crippen molar-refractivity contribution < 1.29 is 4.74 Å². The van der Waals surface area contributed by atoms with E-state index in [0.717, 1.165) is 24.5 Å². The number of rotatable bonds is 6. The van der Waals surface area contributed by atoms with Crippen LogP contribution in [-0.2, 0) is 0 Å². The van der Waals surface area contributed by atoms with E-state index in [-0.39, 0.29) is 0 Å². The van der Waals surface area contributed by atoms with Crippen molar-refractivity contribution in [3.63, 3.8) is 0 Å². The van der Waals surface area contributed by atoms with Crippen molar-refractivity contribution in [2.75, 3.05) is 38.6 Å². The topological polar surface area (TPSA) is 50.3 Å². The molecule has 1 aromatic heterocycles. The Balaban J connectivity index is 1.82. The fourth-order valence-corrected chi connectivity index (χ4v) is 2.74. The summed E-state index contributed by atoms with van der Waals surface area (Å²) in [5.74, 6) is 2.13. The minimum atomic E-state index is 0.605. The Labute approximate surface area is 121 Å². The summed E-state index contributed by atoms with van der Waals surface area (Å²) in [6.45, 7) is 8.87. The molecule has 0 amide bonds. The van der Waals surface area contributed by atoms with Crippen LogP contribution >= 0.6 is 0 Å². The van der Waals surface area contributed by atoms with Crippen LogP contribution in [0.15, 0.2) is 6.33 Å². The molecule has 112 valence electrons. The zero-order valence-electron chi connectivity index (χ0n) is 12.9. The Morgan fingerprint density at radius 2 is 2.05 bits per heavy atom. The Hall–Kier alpha value is -1.36. The maximum absolute atomic E-state index is 5.21. The molecule has 5 nitrogen and oxygen atoms in total. The average molecular weight is 278 g/mol. The number of ether oxygens (including phenoxy) is 1. The molecule has 20 heavy (non-hydrogen) atoms. The first-order valence-electron chi connectivity index (χ1n) is 7.52. The first kappa shape index (κ1) is 15.0. The van der Waals surface area contributed by atoms with Crippen molar-refractivity contribution in [2.24, 2.45) is 5.92 Å². The first-order chi connectivity index (χ1) is 9.70. The summed E-state index contributed by atoms with van der Waals surface area (Å²) in [7, 11) is 1.64. The minimum Gasteiger partial charge on any atom is -0.481 e. The first-order valence-corrected chi connectivity index (χ1v) is 7.52. The molecule has 1 atom stereocenters. The molecule has 1 aliphatic rings. The predicted octanol–water partition coefficient (Wildman–Crippen LogP) is 2.33. The number of piperidine rings is 1. The Kier molecular flexibility index (Phi) is 5.59. The lowest BCUT2D eigenvalue weighted by molar-refractivity contribution is 0.204. The molecule has 0 aromatic carbocycles.